The van der Waals surface area contributed by atoms with Gasteiger partial charge in [-0.1, -0.05) is 6.07 Å². The zero-order valence-corrected chi connectivity index (χ0v) is 20.1. The molecule has 1 saturated carbocycles. The van der Waals surface area contributed by atoms with E-state index in [2.05, 4.69) is 73.3 Å². The molecular formula is C26H37N7. The van der Waals surface area contributed by atoms with E-state index in [0.717, 1.165) is 50.8 Å². The number of fused-ring (bicyclic) bond motifs is 1. The van der Waals surface area contributed by atoms with E-state index in [-0.39, 0.29) is 0 Å². The van der Waals surface area contributed by atoms with E-state index in [1.165, 1.54) is 49.3 Å². The highest BCUT2D eigenvalue weighted by molar-refractivity contribution is 5.53. The SMILES string of the molecule is CC(C)n1cc(CN2CCN(CC3CC3)[C@@H](c3cn4c(N5CCCC5)cccc4n3)C2)cn1. The van der Waals surface area contributed by atoms with E-state index in [0.29, 0.717) is 12.1 Å². The number of hydrogen-bond acceptors (Lipinski definition) is 5. The molecular weight excluding hydrogens is 410 g/mol. The summed E-state index contributed by atoms with van der Waals surface area (Å²) < 4.78 is 4.40. The van der Waals surface area contributed by atoms with E-state index in [9.17, 15) is 0 Å². The minimum atomic E-state index is 0.353. The first-order valence-corrected chi connectivity index (χ1v) is 12.9. The highest BCUT2D eigenvalue weighted by Gasteiger charge is 2.34. The smallest absolute Gasteiger partial charge is 0.138 e. The average Bonchev–Trinajstić information content (AvgIpc) is 3.23. The number of pyridine rings is 1. The van der Waals surface area contributed by atoms with Gasteiger partial charge in [0.25, 0.3) is 0 Å². The Hall–Kier alpha value is -2.38. The van der Waals surface area contributed by atoms with Crippen molar-refractivity contribution in [2.75, 3.05) is 44.2 Å². The van der Waals surface area contributed by atoms with Crippen molar-refractivity contribution in [3.63, 3.8) is 0 Å². The Morgan fingerprint density at radius 1 is 1.03 bits per heavy atom. The van der Waals surface area contributed by atoms with Crippen LogP contribution in [0, 0.1) is 5.92 Å². The first kappa shape index (κ1) is 21.2. The summed E-state index contributed by atoms with van der Waals surface area (Å²) in [4.78, 5) is 13.0. The van der Waals surface area contributed by atoms with Gasteiger partial charge in [0, 0.05) is 69.8 Å². The van der Waals surface area contributed by atoms with Crippen LogP contribution in [0.25, 0.3) is 5.65 Å². The number of imidazole rings is 1. The Kier molecular flexibility index (Phi) is 5.62. The molecule has 176 valence electrons. The van der Waals surface area contributed by atoms with Crippen molar-refractivity contribution in [3.05, 3.63) is 48.0 Å². The molecule has 0 radical (unpaired) electrons. The fourth-order valence-corrected chi connectivity index (χ4v) is 5.53. The third-order valence-electron chi connectivity index (χ3n) is 7.62. The van der Waals surface area contributed by atoms with Crippen LogP contribution >= 0.6 is 0 Å². The summed E-state index contributed by atoms with van der Waals surface area (Å²) in [7, 11) is 0. The molecule has 0 N–H and O–H groups in total. The van der Waals surface area contributed by atoms with Gasteiger partial charge in [-0.3, -0.25) is 18.9 Å². The molecule has 3 fully saturated rings. The summed E-state index contributed by atoms with van der Waals surface area (Å²) in [5, 5.41) is 4.56. The van der Waals surface area contributed by atoms with Crippen LogP contribution in [0.1, 0.15) is 62.9 Å². The molecule has 0 spiro atoms. The fraction of sp³-hybridized carbons (Fsp3) is 0.615. The first-order chi connectivity index (χ1) is 16.1. The molecule has 2 saturated heterocycles. The van der Waals surface area contributed by atoms with Gasteiger partial charge in [0.1, 0.15) is 11.5 Å². The topological polar surface area (TPSA) is 44.8 Å². The lowest BCUT2D eigenvalue weighted by molar-refractivity contribution is 0.0640. The van der Waals surface area contributed by atoms with Crippen molar-refractivity contribution in [2.24, 2.45) is 5.92 Å². The van der Waals surface area contributed by atoms with Crippen LogP contribution in [0.5, 0.6) is 0 Å². The quantitative estimate of drug-likeness (QED) is 0.548. The van der Waals surface area contributed by atoms with Crippen LogP contribution in [0.2, 0.25) is 0 Å². The van der Waals surface area contributed by atoms with Crippen molar-refractivity contribution in [2.45, 2.75) is 58.2 Å². The Bertz CT molecular complexity index is 1090. The zero-order chi connectivity index (χ0) is 22.4. The molecule has 0 unspecified atom stereocenters. The van der Waals surface area contributed by atoms with Crippen molar-refractivity contribution in [1.29, 1.82) is 0 Å². The number of piperazine rings is 1. The second kappa shape index (κ2) is 8.76. The summed E-state index contributed by atoms with van der Waals surface area (Å²) in [6.07, 6.45) is 11.9. The number of hydrogen-bond donors (Lipinski definition) is 0. The summed E-state index contributed by atoms with van der Waals surface area (Å²) >= 11 is 0. The molecule has 2 aliphatic heterocycles. The molecule has 1 aliphatic carbocycles. The summed E-state index contributed by atoms with van der Waals surface area (Å²) in [6.45, 7) is 12.1. The van der Waals surface area contributed by atoms with Gasteiger partial charge in [-0.05, 0) is 57.6 Å². The van der Waals surface area contributed by atoms with E-state index in [1.54, 1.807) is 0 Å². The van der Waals surface area contributed by atoms with Gasteiger partial charge in [-0.2, -0.15) is 5.10 Å². The van der Waals surface area contributed by atoms with Crippen LogP contribution in [0.3, 0.4) is 0 Å². The monoisotopic (exact) mass is 447 g/mol. The third-order valence-corrected chi connectivity index (χ3v) is 7.62. The molecule has 0 amide bonds. The number of anilines is 1. The van der Waals surface area contributed by atoms with Crippen LogP contribution in [-0.2, 0) is 6.54 Å². The van der Waals surface area contributed by atoms with Gasteiger partial charge in [0.15, 0.2) is 0 Å². The van der Waals surface area contributed by atoms with E-state index in [1.807, 2.05) is 6.20 Å². The Morgan fingerprint density at radius 2 is 1.88 bits per heavy atom. The molecule has 3 aromatic rings. The number of nitrogens with zero attached hydrogens (tertiary/aromatic N) is 7. The molecule has 1 atom stereocenters. The van der Waals surface area contributed by atoms with Crippen LogP contribution < -0.4 is 4.90 Å². The number of aromatic nitrogens is 4. The van der Waals surface area contributed by atoms with Gasteiger partial charge in [0.2, 0.25) is 0 Å². The van der Waals surface area contributed by atoms with Gasteiger partial charge in [-0.25, -0.2) is 4.98 Å². The van der Waals surface area contributed by atoms with Gasteiger partial charge < -0.3 is 4.90 Å². The van der Waals surface area contributed by atoms with Crippen LogP contribution in [0.4, 0.5) is 5.82 Å². The van der Waals surface area contributed by atoms with E-state index >= 15 is 0 Å². The van der Waals surface area contributed by atoms with E-state index < -0.39 is 0 Å². The second-order valence-corrected chi connectivity index (χ2v) is 10.6. The predicted molar refractivity (Wildman–Crippen MR) is 132 cm³/mol. The summed E-state index contributed by atoms with van der Waals surface area (Å²) in [5.41, 5.74) is 3.62. The minimum Gasteiger partial charge on any atom is -0.358 e. The van der Waals surface area contributed by atoms with Crippen molar-refractivity contribution < 1.29 is 0 Å². The molecule has 33 heavy (non-hydrogen) atoms. The lowest BCUT2D eigenvalue weighted by Crippen LogP contribution is -2.48. The van der Waals surface area contributed by atoms with Crippen LogP contribution in [-0.4, -0.2) is 68.2 Å². The van der Waals surface area contributed by atoms with E-state index in [4.69, 9.17) is 4.98 Å². The number of rotatable bonds is 7. The normalized spacial score (nSPS) is 22.8. The highest BCUT2D eigenvalue weighted by atomic mass is 15.3. The highest BCUT2D eigenvalue weighted by Crippen LogP contribution is 2.35. The molecule has 7 heteroatoms. The van der Waals surface area contributed by atoms with Crippen molar-refractivity contribution in [3.8, 4) is 0 Å². The molecule has 3 aliphatic rings. The maximum absolute atomic E-state index is 5.17. The van der Waals surface area contributed by atoms with Gasteiger partial charge in [0.05, 0.1) is 17.9 Å². The van der Waals surface area contributed by atoms with Crippen molar-refractivity contribution in [1.82, 2.24) is 29.0 Å². The Labute approximate surface area is 197 Å². The lowest BCUT2D eigenvalue weighted by atomic mass is 10.1. The largest absolute Gasteiger partial charge is 0.358 e. The second-order valence-electron chi connectivity index (χ2n) is 10.6. The van der Waals surface area contributed by atoms with Gasteiger partial charge >= 0.3 is 0 Å². The Morgan fingerprint density at radius 3 is 2.64 bits per heavy atom. The molecule has 6 rings (SSSR count). The summed E-state index contributed by atoms with van der Waals surface area (Å²) in [6, 6.07) is 7.34. The molecule has 3 aromatic heterocycles. The third kappa shape index (κ3) is 4.41. The molecule has 0 aromatic carbocycles. The van der Waals surface area contributed by atoms with Crippen LogP contribution in [0.15, 0.2) is 36.8 Å². The fourth-order valence-electron chi connectivity index (χ4n) is 5.53. The predicted octanol–water partition coefficient (Wildman–Crippen LogP) is 3.98. The van der Waals surface area contributed by atoms with Crippen molar-refractivity contribution >= 4 is 11.5 Å². The maximum atomic E-state index is 5.17. The summed E-state index contributed by atoms with van der Waals surface area (Å²) in [5.74, 6) is 2.19. The molecule has 7 nitrogen and oxygen atoms in total. The molecule has 0 bridgehead atoms. The Balaban J connectivity index is 1.26. The van der Waals surface area contributed by atoms with Gasteiger partial charge in [-0.15, -0.1) is 0 Å². The maximum Gasteiger partial charge on any atom is 0.138 e. The standard InChI is InChI=1S/C26H37N7/c1-20(2)33-17-22(14-27-33)15-29-12-13-31(16-21-8-9-21)24(19-29)23-18-32-25(28-23)6-5-7-26(32)30-10-3-4-11-30/h5-7,14,17-18,20-21,24H,3-4,8-13,15-16,19H2,1-2H3/t24-/m1/s1. The molecule has 5 heterocycles. The minimum absolute atomic E-state index is 0.353. The first-order valence-electron chi connectivity index (χ1n) is 12.9. The lowest BCUT2D eigenvalue weighted by Gasteiger charge is -2.40. The zero-order valence-electron chi connectivity index (χ0n) is 20.1. The average molecular weight is 448 g/mol.